The second-order valence-corrected chi connectivity index (χ2v) is 7.04. The number of aliphatic imine (C=N–C) groups is 2. The molecule has 0 spiro atoms. The number of hydrogen-bond acceptors (Lipinski definition) is 8. The molecule has 0 bridgehead atoms. The fourth-order valence-corrected chi connectivity index (χ4v) is 3.60. The number of nitrogens with zero attached hydrogens (tertiary/aromatic N) is 4. The van der Waals surface area contributed by atoms with Crippen LogP contribution in [0.15, 0.2) is 68.7 Å². The molecule has 8 nitrogen and oxygen atoms in total. The maximum absolute atomic E-state index is 4.35. The highest BCUT2D eigenvalue weighted by atomic mass is 15.4. The lowest BCUT2D eigenvalue weighted by Gasteiger charge is -2.08. The molecule has 150 valence electrons. The topological polar surface area (TPSA) is 97.6 Å². The van der Waals surface area contributed by atoms with Gasteiger partial charge in [-0.15, -0.1) is 0 Å². The molecule has 8 heteroatoms. The van der Waals surface area contributed by atoms with Gasteiger partial charge in [0.1, 0.15) is 0 Å². The zero-order valence-electron chi connectivity index (χ0n) is 16.4. The van der Waals surface area contributed by atoms with Crippen molar-refractivity contribution < 1.29 is 0 Å². The number of rotatable bonds is 4. The van der Waals surface area contributed by atoms with Crippen LogP contribution in [0.3, 0.4) is 0 Å². The molecule has 0 saturated carbocycles. The summed E-state index contributed by atoms with van der Waals surface area (Å²) in [5, 5.41) is 19.6. The molecule has 0 aliphatic carbocycles. The summed E-state index contributed by atoms with van der Waals surface area (Å²) in [6.45, 7) is 3.25. The third-order valence-corrected chi connectivity index (χ3v) is 5.04. The molecule has 0 aromatic heterocycles. The Morgan fingerprint density at radius 3 is 1.73 bits per heavy atom. The number of fused-ring (bicyclic) bond motifs is 2. The average Bonchev–Trinajstić information content (AvgIpc) is 3.47. The summed E-state index contributed by atoms with van der Waals surface area (Å²) in [5.74, 6) is 1.42. The summed E-state index contributed by atoms with van der Waals surface area (Å²) in [7, 11) is 0. The summed E-state index contributed by atoms with van der Waals surface area (Å²) in [5.41, 5.74) is 7.99. The Morgan fingerprint density at radius 2 is 1.27 bits per heavy atom. The Labute approximate surface area is 173 Å². The van der Waals surface area contributed by atoms with Gasteiger partial charge >= 0.3 is 0 Å². The molecule has 2 aliphatic rings. The van der Waals surface area contributed by atoms with Crippen LogP contribution in [0.25, 0.3) is 21.5 Å². The van der Waals surface area contributed by atoms with Gasteiger partial charge in [-0.1, -0.05) is 36.4 Å². The Hall–Kier alpha value is -3.94. The van der Waals surface area contributed by atoms with Crippen molar-refractivity contribution in [1.29, 1.82) is 0 Å². The van der Waals surface area contributed by atoms with Crippen molar-refractivity contribution in [3.05, 3.63) is 59.7 Å². The summed E-state index contributed by atoms with van der Waals surface area (Å²) in [4.78, 5) is 8.57. The molecule has 0 radical (unpaired) electrons. The Bertz CT molecular complexity index is 1120. The molecule has 2 heterocycles. The lowest BCUT2D eigenvalue weighted by atomic mass is 9.97. The monoisotopic (exact) mass is 398 g/mol. The molecule has 2 aliphatic heterocycles. The van der Waals surface area contributed by atoms with Gasteiger partial charge in [-0.3, -0.25) is 0 Å². The van der Waals surface area contributed by atoms with Gasteiger partial charge in [0, 0.05) is 24.2 Å². The number of hydrogen-bond donors (Lipinski definition) is 4. The van der Waals surface area contributed by atoms with Crippen molar-refractivity contribution in [3.8, 4) is 0 Å². The van der Waals surface area contributed by atoms with Crippen molar-refractivity contribution in [2.75, 3.05) is 26.2 Å². The van der Waals surface area contributed by atoms with Crippen LogP contribution in [-0.2, 0) is 0 Å². The Morgan fingerprint density at radius 1 is 0.733 bits per heavy atom. The van der Waals surface area contributed by atoms with Gasteiger partial charge in [-0.05, 0) is 33.7 Å². The molecule has 3 aromatic carbocycles. The van der Waals surface area contributed by atoms with Crippen molar-refractivity contribution in [3.63, 3.8) is 0 Å². The first-order valence-corrected chi connectivity index (χ1v) is 9.97. The van der Waals surface area contributed by atoms with E-state index in [-0.39, 0.29) is 0 Å². The van der Waals surface area contributed by atoms with E-state index in [1.807, 2.05) is 24.6 Å². The highest BCUT2D eigenvalue weighted by molar-refractivity contribution is 6.10. The maximum atomic E-state index is 4.35. The van der Waals surface area contributed by atoms with E-state index >= 15 is 0 Å². The minimum Gasteiger partial charge on any atom is -0.353 e. The molecule has 0 atom stereocenters. The largest absolute Gasteiger partial charge is 0.353 e. The molecular formula is C22H22N8. The molecule has 0 saturated heterocycles. The summed E-state index contributed by atoms with van der Waals surface area (Å²) >= 11 is 0. The van der Waals surface area contributed by atoms with Gasteiger partial charge in [-0.25, -0.2) is 20.8 Å². The fraction of sp³-hybridized carbons (Fsp3) is 0.182. The molecular weight excluding hydrogens is 376 g/mol. The van der Waals surface area contributed by atoms with Crippen LogP contribution in [-0.4, -0.2) is 50.5 Å². The van der Waals surface area contributed by atoms with E-state index < -0.39 is 0 Å². The summed E-state index contributed by atoms with van der Waals surface area (Å²) in [6, 6.07) is 16.9. The van der Waals surface area contributed by atoms with Crippen molar-refractivity contribution in [2.45, 2.75) is 0 Å². The molecule has 4 N–H and O–H groups in total. The number of nitrogens with one attached hydrogen (secondary N) is 4. The van der Waals surface area contributed by atoms with Gasteiger partial charge in [0.05, 0.1) is 25.5 Å². The van der Waals surface area contributed by atoms with E-state index in [0.717, 1.165) is 48.1 Å². The van der Waals surface area contributed by atoms with E-state index in [1.165, 1.54) is 10.8 Å². The van der Waals surface area contributed by atoms with E-state index in [1.54, 1.807) is 0 Å². The number of guanidine groups is 2. The standard InChI is InChI=1S/C22H22N8/c1-3-15-11-16-4-2-6-18(14-28-30-22-25-9-10-26-22)20(16)12-19(15)17(5-1)13-27-29-21-23-7-8-24-21/h1-6,11-14H,7-10H2,(H2,23,24,29)(H2,25,26,30)/b27-13+,28-14+. The van der Waals surface area contributed by atoms with E-state index in [0.29, 0.717) is 11.9 Å². The number of hydrazone groups is 2. The second-order valence-electron chi connectivity index (χ2n) is 7.04. The average molecular weight is 398 g/mol. The summed E-state index contributed by atoms with van der Waals surface area (Å²) in [6.07, 6.45) is 3.66. The van der Waals surface area contributed by atoms with Gasteiger partial charge < -0.3 is 10.6 Å². The van der Waals surface area contributed by atoms with Crippen molar-refractivity contribution in [1.82, 2.24) is 21.5 Å². The molecule has 0 amide bonds. The zero-order chi connectivity index (χ0) is 20.2. The smallest absolute Gasteiger partial charge is 0.212 e. The predicted octanol–water partition coefficient (Wildman–Crippen LogP) is 1.76. The van der Waals surface area contributed by atoms with Gasteiger partial charge in [0.15, 0.2) is 0 Å². The fourth-order valence-electron chi connectivity index (χ4n) is 3.60. The van der Waals surface area contributed by atoms with E-state index in [9.17, 15) is 0 Å². The van der Waals surface area contributed by atoms with Gasteiger partial charge in [0.2, 0.25) is 11.9 Å². The van der Waals surface area contributed by atoms with Crippen LogP contribution in [0.5, 0.6) is 0 Å². The quantitative estimate of drug-likeness (QED) is 0.306. The first-order chi connectivity index (χ1) is 14.9. The van der Waals surface area contributed by atoms with Gasteiger partial charge in [0.25, 0.3) is 0 Å². The molecule has 3 aromatic rings. The van der Waals surface area contributed by atoms with Crippen LogP contribution in [0, 0.1) is 0 Å². The highest BCUT2D eigenvalue weighted by Gasteiger charge is 2.06. The molecule has 5 rings (SSSR count). The Balaban J connectivity index is 1.48. The lowest BCUT2D eigenvalue weighted by Crippen LogP contribution is -2.30. The minimum absolute atomic E-state index is 0.712. The van der Waals surface area contributed by atoms with Crippen molar-refractivity contribution in [2.24, 2.45) is 20.2 Å². The first kappa shape index (κ1) is 18.1. The second kappa shape index (κ2) is 8.20. The van der Waals surface area contributed by atoms with Crippen LogP contribution in [0.4, 0.5) is 0 Å². The molecule has 0 fully saturated rings. The maximum Gasteiger partial charge on any atom is 0.212 e. The van der Waals surface area contributed by atoms with Crippen LogP contribution in [0.1, 0.15) is 11.1 Å². The van der Waals surface area contributed by atoms with E-state index in [2.05, 4.69) is 78.1 Å². The Kier molecular flexibility index (Phi) is 4.95. The molecule has 30 heavy (non-hydrogen) atoms. The van der Waals surface area contributed by atoms with Crippen LogP contribution < -0.4 is 21.5 Å². The third-order valence-electron chi connectivity index (χ3n) is 5.04. The summed E-state index contributed by atoms with van der Waals surface area (Å²) < 4.78 is 0. The predicted molar refractivity (Wildman–Crippen MR) is 124 cm³/mol. The zero-order valence-corrected chi connectivity index (χ0v) is 16.4. The third kappa shape index (κ3) is 3.80. The van der Waals surface area contributed by atoms with Crippen LogP contribution >= 0.6 is 0 Å². The first-order valence-electron chi connectivity index (χ1n) is 9.97. The molecule has 0 unspecified atom stereocenters. The lowest BCUT2D eigenvalue weighted by molar-refractivity contribution is 0.920. The highest BCUT2D eigenvalue weighted by Crippen LogP contribution is 2.26. The van der Waals surface area contributed by atoms with Crippen LogP contribution in [0.2, 0.25) is 0 Å². The SMILES string of the molecule is C(=N\NC1=NCCN1)/c1cccc2cc3cccc(/C=N/NC4=NCCN4)c3cc12. The minimum atomic E-state index is 0.712. The van der Waals surface area contributed by atoms with E-state index in [4.69, 9.17) is 0 Å². The normalized spacial score (nSPS) is 16.1. The van der Waals surface area contributed by atoms with Crippen molar-refractivity contribution >= 4 is 45.9 Å². The number of benzene rings is 3. The van der Waals surface area contributed by atoms with Gasteiger partial charge in [-0.2, -0.15) is 10.2 Å².